The summed E-state index contributed by atoms with van der Waals surface area (Å²) >= 11 is 0. The third kappa shape index (κ3) is 11.4. The second-order valence-corrected chi connectivity index (χ2v) is 18.0. The van der Waals surface area contributed by atoms with Crippen LogP contribution in [0.4, 0.5) is 8.78 Å². The Kier molecular flexibility index (Phi) is 16.2. The van der Waals surface area contributed by atoms with Gasteiger partial charge in [-0.15, -0.1) is 0 Å². The molecule has 0 aromatic heterocycles. The number of aliphatic hydroxyl groups is 1. The lowest BCUT2D eigenvalue weighted by molar-refractivity contribution is 0.120. The molecule has 46 heavy (non-hydrogen) atoms. The number of ether oxygens (including phenoxy) is 1. The molecule has 5 N–H and O–H groups in total. The lowest BCUT2D eigenvalue weighted by Gasteiger charge is -2.38. The van der Waals surface area contributed by atoms with Crippen LogP contribution in [0.1, 0.15) is 153 Å². The molecule has 1 aromatic carbocycles. The van der Waals surface area contributed by atoms with Crippen molar-refractivity contribution < 1.29 is 47.3 Å². The van der Waals surface area contributed by atoms with Crippen molar-refractivity contribution in [1.82, 2.24) is 0 Å². The molecule has 2 fully saturated rings. The summed E-state index contributed by atoms with van der Waals surface area (Å²) in [7, 11) is -10.8. The fourth-order valence-electron chi connectivity index (χ4n) is 7.67. The van der Waals surface area contributed by atoms with E-state index in [-0.39, 0.29) is 24.7 Å². The molecule has 0 spiro atoms. The van der Waals surface area contributed by atoms with Crippen LogP contribution in [-0.4, -0.2) is 36.4 Å². The van der Waals surface area contributed by atoms with Crippen LogP contribution in [0.2, 0.25) is 0 Å². The van der Waals surface area contributed by atoms with Gasteiger partial charge in [0.15, 0.2) is 11.6 Å². The molecule has 12 heteroatoms. The van der Waals surface area contributed by atoms with E-state index in [0.717, 1.165) is 69.1 Å². The van der Waals surface area contributed by atoms with Gasteiger partial charge in [0.2, 0.25) is 5.82 Å². The second-order valence-electron chi connectivity index (χ2n) is 14.0. The van der Waals surface area contributed by atoms with Crippen molar-refractivity contribution in [3.63, 3.8) is 0 Å². The Morgan fingerprint density at radius 3 is 1.78 bits per heavy atom. The maximum atomic E-state index is 15.1. The van der Waals surface area contributed by atoms with Crippen molar-refractivity contribution in [3.8, 4) is 5.75 Å². The molecule has 1 aromatic rings. The lowest BCUT2D eigenvalue weighted by Crippen LogP contribution is -2.28. The zero-order chi connectivity index (χ0) is 33.8. The summed E-state index contributed by atoms with van der Waals surface area (Å²) < 4.78 is 58.4. The summed E-state index contributed by atoms with van der Waals surface area (Å²) in [6.07, 6.45) is 19.4. The summed E-state index contributed by atoms with van der Waals surface area (Å²) in [5.41, 5.74) is 0.482. The van der Waals surface area contributed by atoms with Gasteiger partial charge in [0.25, 0.3) is 5.08 Å². The monoisotopic (exact) mass is 694 g/mol. The van der Waals surface area contributed by atoms with Crippen LogP contribution in [-0.2, 0) is 9.13 Å². The molecule has 0 heterocycles. The predicted octanol–water partition coefficient (Wildman–Crippen LogP) is 9.52. The van der Waals surface area contributed by atoms with Crippen LogP contribution >= 0.6 is 15.2 Å². The molecular formula is C34H58F2O8P2. The van der Waals surface area contributed by atoms with Crippen molar-refractivity contribution in [2.45, 2.75) is 153 Å². The SMILES string of the molecule is CCCCCC1CCC(C2CCC(c3ccc(OCCCCCCCCCCC(O)(P(=O)(O)O)P(=O)(O)O)c(F)c3F)CC2)CC1. The van der Waals surface area contributed by atoms with Gasteiger partial charge in [-0.3, -0.25) is 9.13 Å². The highest BCUT2D eigenvalue weighted by Crippen LogP contribution is 2.69. The second kappa shape index (κ2) is 18.8. The number of unbranched alkanes of at least 4 members (excludes halogenated alkanes) is 9. The minimum absolute atomic E-state index is 0.0452. The van der Waals surface area contributed by atoms with Gasteiger partial charge < -0.3 is 29.4 Å². The van der Waals surface area contributed by atoms with E-state index < -0.39 is 38.3 Å². The largest absolute Gasteiger partial charge is 0.490 e. The maximum Gasteiger partial charge on any atom is 0.369 e. The summed E-state index contributed by atoms with van der Waals surface area (Å²) in [6, 6.07) is 3.28. The highest BCUT2D eigenvalue weighted by atomic mass is 31.2. The number of rotatable bonds is 20. The van der Waals surface area contributed by atoms with Crippen LogP contribution in [0.5, 0.6) is 5.75 Å². The van der Waals surface area contributed by atoms with Crippen LogP contribution in [0, 0.1) is 29.4 Å². The molecule has 8 nitrogen and oxygen atoms in total. The van der Waals surface area contributed by atoms with Crippen molar-refractivity contribution >= 4 is 15.2 Å². The predicted molar refractivity (Wildman–Crippen MR) is 177 cm³/mol. The highest BCUT2D eigenvalue weighted by Gasteiger charge is 2.58. The first-order valence-corrected chi connectivity index (χ1v) is 20.9. The number of benzene rings is 1. The smallest absolute Gasteiger partial charge is 0.369 e. The van der Waals surface area contributed by atoms with Crippen molar-refractivity contribution in [3.05, 3.63) is 29.3 Å². The summed E-state index contributed by atoms with van der Waals surface area (Å²) in [5, 5.41) is 6.55. The summed E-state index contributed by atoms with van der Waals surface area (Å²) in [4.78, 5) is 36.7. The first-order valence-electron chi connectivity index (χ1n) is 17.7. The lowest BCUT2D eigenvalue weighted by atomic mass is 9.68. The topological polar surface area (TPSA) is 145 Å². The molecule has 0 amide bonds. The Hall–Kier alpha value is -0.860. The van der Waals surface area contributed by atoms with E-state index in [1.165, 1.54) is 51.4 Å². The average Bonchev–Trinajstić information content (AvgIpc) is 3.01. The van der Waals surface area contributed by atoms with Gasteiger partial charge in [-0.25, -0.2) is 4.39 Å². The molecule has 0 unspecified atom stereocenters. The molecule has 2 aliphatic rings. The Bertz CT molecular complexity index is 1120. The van der Waals surface area contributed by atoms with Crippen molar-refractivity contribution in [2.24, 2.45) is 17.8 Å². The fraction of sp³-hybridized carbons (Fsp3) is 0.824. The molecule has 0 aliphatic heterocycles. The summed E-state index contributed by atoms with van der Waals surface area (Å²) in [6.45, 7) is 2.54. The average molecular weight is 695 g/mol. The molecule has 2 saturated carbocycles. The first kappa shape index (κ1) is 39.6. The van der Waals surface area contributed by atoms with Crippen molar-refractivity contribution in [1.29, 1.82) is 0 Å². The van der Waals surface area contributed by atoms with E-state index in [4.69, 9.17) is 4.74 Å². The number of halogens is 2. The minimum atomic E-state index is -5.40. The molecule has 0 saturated heterocycles. The Morgan fingerprint density at radius 2 is 1.24 bits per heavy atom. The molecule has 0 atom stereocenters. The van der Waals surface area contributed by atoms with Crippen molar-refractivity contribution in [2.75, 3.05) is 6.61 Å². The Balaban J connectivity index is 1.28. The number of hydrogen-bond acceptors (Lipinski definition) is 4. The van der Waals surface area contributed by atoms with E-state index in [2.05, 4.69) is 6.92 Å². The van der Waals surface area contributed by atoms with E-state index in [1.54, 1.807) is 12.1 Å². The van der Waals surface area contributed by atoms with E-state index >= 15 is 4.39 Å². The van der Waals surface area contributed by atoms with Gasteiger partial charge in [0.05, 0.1) is 6.61 Å². The van der Waals surface area contributed by atoms with E-state index in [0.29, 0.717) is 24.8 Å². The Labute approximate surface area is 274 Å². The maximum absolute atomic E-state index is 15.1. The molecule has 2 aliphatic carbocycles. The molecule has 0 bridgehead atoms. The molecule has 0 radical (unpaired) electrons. The Morgan fingerprint density at radius 1 is 0.717 bits per heavy atom. The summed E-state index contributed by atoms with van der Waals surface area (Å²) in [5.74, 6) is 0.781. The van der Waals surface area contributed by atoms with Gasteiger partial charge in [0.1, 0.15) is 0 Å². The van der Waals surface area contributed by atoms with Crippen LogP contribution in [0.3, 0.4) is 0 Å². The standard InChI is InChI=1S/C34H58F2O8P2/c1-2-3-10-13-26-14-16-27(17-15-26)28-18-20-29(21-19-28)30-22-23-31(33(36)32(30)35)44-25-12-9-7-5-4-6-8-11-24-34(37,45(38,39)40)46(41,42)43/h22-23,26-29,37H,2-21,24-25H2,1H3,(H2,38,39,40)(H2,41,42,43). The quantitative estimate of drug-likeness (QED) is 0.0671. The molecule has 266 valence electrons. The number of hydrogen-bond donors (Lipinski definition) is 5. The van der Waals surface area contributed by atoms with Crippen LogP contribution < -0.4 is 4.74 Å². The molecule has 3 rings (SSSR count). The third-order valence-corrected chi connectivity index (χ3v) is 14.5. The fourth-order valence-corrected chi connectivity index (χ4v) is 9.93. The van der Waals surface area contributed by atoms with E-state index in [9.17, 15) is 38.2 Å². The van der Waals surface area contributed by atoms with Gasteiger partial charge in [0, 0.05) is 0 Å². The molecular weight excluding hydrogens is 636 g/mol. The van der Waals surface area contributed by atoms with Crippen LogP contribution in [0.15, 0.2) is 12.1 Å². The van der Waals surface area contributed by atoms with Gasteiger partial charge in [-0.05, 0) is 93.1 Å². The van der Waals surface area contributed by atoms with Crippen LogP contribution in [0.25, 0.3) is 0 Å². The third-order valence-electron chi connectivity index (χ3n) is 10.7. The highest BCUT2D eigenvalue weighted by molar-refractivity contribution is 7.72. The normalized spacial score (nSPS) is 23.0. The van der Waals surface area contributed by atoms with Gasteiger partial charge in [-0.2, -0.15) is 4.39 Å². The zero-order valence-corrected chi connectivity index (χ0v) is 29.4. The minimum Gasteiger partial charge on any atom is -0.490 e. The zero-order valence-electron chi connectivity index (χ0n) is 27.6. The van der Waals surface area contributed by atoms with Gasteiger partial charge in [-0.1, -0.05) is 90.0 Å². The van der Waals surface area contributed by atoms with Gasteiger partial charge >= 0.3 is 15.2 Å². The first-order chi connectivity index (χ1) is 21.8. The van der Waals surface area contributed by atoms with E-state index in [1.807, 2.05) is 0 Å².